The summed E-state index contributed by atoms with van der Waals surface area (Å²) < 4.78 is 5.23. The van der Waals surface area contributed by atoms with Crippen LogP contribution in [0.4, 0.5) is 0 Å². The van der Waals surface area contributed by atoms with Crippen LogP contribution in [0.3, 0.4) is 0 Å². The molecule has 1 saturated carbocycles. The number of carbonyl (C=O) groups excluding carboxylic acids is 1. The van der Waals surface area contributed by atoms with E-state index in [1.165, 1.54) is 0 Å². The summed E-state index contributed by atoms with van der Waals surface area (Å²) in [6, 6.07) is 2.29. The van der Waals surface area contributed by atoms with Crippen LogP contribution >= 0.6 is 0 Å². The Labute approximate surface area is 113 Å². The van der Waals surface area contributed by atoms with Gasteiger partial charge in [0.25, 0.3) is 0 Å². The third kappa shape index (κ3) is 1.56. The molecule has 1 spiro atoms. The van der Waals surface area contributed by atoms with Gasteiger partial charge >= 0.3 is 5.97 Å². The molecule has 1 atom stereocenters. The highest BCUT2D eigenvalue weighted by Gasteiger charge is 2.75. The van der Waals surface area contributed by atoms with E-state index in [4.69, 9.17) is 14.8 Å². The molecule has 2 aliphatic heterocycles. The summed E-state index contributed by atoms with van der Waals surface area (Å²) in [5.41, 5.74) is -1.05. The Hall–Kier alpha value is -1.12. The van der Waals surface area contributed by atoms with Crippen LogP contribution in [0.15, 0.2) is 0 Å². The second-order valence-electron chi connectivity index (χ2n) is 6.71. The molecule has 0 bridgehead atoms. The molecule has 0 amide bonds. The fourth-order valence-corrected chi connectivity index (χ4v) is 4.10. The van der Waals surface area contributed by atoms with Crippen LogP contribution < -0.4 is 0 Å². The maximum absolute atomic E-state index is 12.3. The maximum atomic E-state index is 12.3. The number of esters is 1. The number of carbonyl (C=O) groups is 1. The van der Waals surface area contributed by atoms with Gasteiger partial charge in [0.05, 0.1) is 29.7 Å². The van der Waals surface area contributed by atoms with Crippen LogP contribution in [-0.2, 0) is 14.4 Å². The van der Waals surface area contributed by atoms with E-state index >= 15 is 0 Å². The van der Waals surface area contributed by atoms with E-state index in [2.05, 4.69) is 6.07 Å². The van der Waals surface area contributed by atoms with Gasteiger partial charge < -0.3 is 4.74 Å². The zero-order valence-electron chi connectivity index (χ0n) is 11.7. The quantitative estimate of drug-likeness (QED) is 0.711. The molecule has 19 heavy (non-hydrogen) atoms. The highest BCUT2D eigenvalue weighted by Crippen LogP contribution is 2.64. The van der Waals surface area contributed by atoms with E-state index in [9.17, 15) is 4.79 Å². The van der Waals surface area contributed by atoms with Crippen molar-refractivity contribution in [2.24, 2.45) is 5.92 Å². The number of hydrogen-bond acceptors (Lipinski definition) is 5. The van der Waals surface area contributed by atoms with E-state index in [1.54, 1.807) is 0 Å². The molecule has 0 aromatic rings. The van der Waals surface area contributed by atoms with Gasteiger partial charge in [-0.15, -0.1) is 0 Å². The minimum atomic E-state index is -0.611. The standard InChI is InChI=1S/C14H20N2O3/c1-4-18-11(17)14-8-12(2,3)19-16(14)13(9-14)5-10(6-13)7-15/h10H,4-6,8-9H2,1-3H3. The van der Waals surface area contributed by atoms with Crippen molar-refractivity contribution in [2.75, 3.05) is 6.61 Å². The first-order valence-corrected chi connectivity index (χ1v) is 6.94. The van der Waals surface area contributed by atoms with Crippen molar-refractivity contribution in [1.82, 2.24) is 5.06 Å². The van der Waals surface area contributed by atoms with Crippen LogP contribution in [0.5, 0.6) is 0 Å². The van der Waals surface area contributed by atoms with Gasteiger partial charge in [0, 0.05) is 6.42 Å². The second kappa shape index (κ2) is 3.71. The van der Waals surface area contributed by atoms with E-state index in [0.717, 1.165) is 19.3 Å². The average Bonchev–Trinajstić information content (AvgIpc) is 2.50. The fourth-order valence-electron chi connectivity index (χ4n) is 4.10. The molecule has 0 N–H and O–H groups in total. The van der Waals surface area contributed by atoms with Gasteiger partial charge in [0.1, 0.15) is 5.54 Å². The lowest BCUT2D eigenvalue weighted by Gasteiger charge is -2.64. The SMILES string of the molecule is CCOC(=O)C12CC(C)(C)ON1C1(CC(C#N)C1)C2. The lowest BCUT2D eigenvalue weighted by molar-refractivity contribution is -0.345. The molecular weight excluding hydrogens is 244 g/mol. The number of fused-ring (bicyclic) bond motifs is 2. The first-order chi connectivity index (χ1) is 8.87. The minimum Gasteiger partial charge on any atom is -0.465 e. The van der Waals surface area contributed by atoms with Gasteiger partial charge in [0.15, 0.2) is 0 Å². The van der Waals surface area contributed by atoms with E-state index in [1.807, 2.05) is 25.8 Å². The Morgan fingerprint density at radius 2 is 2.16 bits per heavy atom. The number of nitrogens with zero attached hydrogens (tertiary/aromatic N) is 2. The molecule has 0 aromatic heterocycles. The van der Waals surface area contributed by atoms with Crippen molar-refractivity contribution in [1.29, 1.82) is 5.26 Å². The summed E-state index contributed by atoms with van der Waals surface area (Å²) in [5.74, 6) is -0.0703. The first-order valence-electron chi connectivity index (χ1n) is 6.94. The lowest BCUT2D eigenvalue weighted by atomic mass is 9.55. The molecule has 5 heteroatoms. The van der Waals surface area contributed by atoms with Crippen molar-refractivity contribution >= 4 is 5.97 Å². The number of nitriles is 1. The molecule has 0 aromatic carbocycles. The summed E-state index contributed by atoms with van der Waals surface area (Å²) in [5, 5.41) is 10.8. The highest BCUT2D eigenvalue weighted by atomic mass is 16.7. The van der Waals surface area contributed by atoms with Crippen LogP contribution in [0.25, 0.3) is 0 Å². The highest BCUT2D eigenvalue weighted by molar-refractivity contribution is 5.83. The number of hydrogen-bond donors (Lipinski definition) is 0. The van der Waals surface area contributed by atoms with Crippen LogP contribution in [-0.4, -0.2) is 34.3 Å². The average molecular weight is 264 g/mol. The number of hydroxylamine groups is 2. The topological polar surface area (TPSA) is 62.6 Å². The lowest BCUT2D eigenvalue weighted by Crippen LogP contribution is -2.77. The maximum Gasteiger partial charge on any atom is 0.329 e. The second-order valence-corrected chi connectivity index (χ2v) is 6.71. The van der Waals surface area contributed by atoms with Crippen molar-refractivity contribution in [3.8, 4) is 6.07 Å². The third-order valence-electron chi connectivity index (χ3n) is 4.59. The Morgan fingerprint density at radius 1 is 1.47 bits per heavy atom. The van der Waals surface area contributed by atoms with Crippen LogP contribution in [0.2, 0.25) is 0 Å². The zero-order chi connectivity index (χ0) is 13.9. The minimum absolute atomic E-state index is 0.0963. The Morgan fingerprint density at radius 3 is 2.74 bits per heavy atom. The number of rotatable bonds is 2. The van der Waals surface area contributed by atoms with Crippen LogP contribution in [0.1, 0.15) is 46.5 Å². The monoisotopic (exact) mass is 264 g/mol. The fraction of sp³-hybridized carbons (Fsp3) is 0.857. The molecule has 3 aliphatic rings. The largest absolute Gasteiger partial charge is 0.465 e. The summed E-state index contributed by atoms with van der Waals surface area (Å²) in [6.07, 6.45) is 3.04. The van der Waals surface area contributed by atoms with E-state index < -0.39 is 5.54 Å². The molecule has 3 fully saturated rings. The summed E-state index contributed by atoms with van der Waals surface area (Å²) >= 11 is 0. The smallest absolute Gasteiger partial charge is 0.329 e. The first kappa shape index (κ1) is 12.9. The summed E-state index contributed by atoms with van der Waals surface area (Å²) in [4.78, 5) is 18.3. The Bertz CT molecular complexity index is 462. The van der Waals surface area contributed by atoms with Crippen molar-refractivity contribution in [3.63, 3.8) is 0 Å². The molecule has 5 nitrogen and oxygen atoms in total. The van der Waals surface area contributed by atoms with Gasteiger partial charge in [-0.2, -0.15) is 10.3 Å². The Balaban J connectivity index is 1.82. The van der Waals surface area contributed by atoms with Gasteiger partial charge in [-0.05, 0) is 40.0 Å². The van der Waals surface area contributed by atoms with Gasteiger partial charge in [-0.3, -0.25) is 4.84 Å². The third-order valence-corrected chi connectivity index (χ3v) is 4.59. The Kier molecular flexibility index (Phi) is 2.52. The number of ether oxygens (including phenoxy) is 1. The predicted octanol–water partition coefficient (Wildman–Crippen LogP) is 1.78. The molecule has 1 unspecified atom stereocenters. The molecule has 2 heterocycles. The van der Waals surface area contributed by atoms with Gasteiger partial charge in [-0.25, -0.2) is 4.79 Å². The van der Waals surface area contributed by atoms with Crippen molar-refractivity contribution in [3.05, 3.63) is 0 Å². The molecule has 1 aliphatic carbocycles. The summed E-state index contributed by atoms with van der Waals surface area (Å²) in [7, 11) is 0. The molecule has 3 rings (SSSR count). The van der Waals surface area contributed by atoms with Crippen LogP contribution in [0, 0.1) is 17.2 Å². The van der Waals surface area contributed by atoms with Gasteiger partial charge in [0.2, 0.25) is 0 Å². The van der Waals surface area contributed by atoms with Gasteiger partial charge in [-0.1, -0.05) is 0 Å². The zero-order valence-corrected chi connectivity index (χ0v) is 11.7. The molecule has 104 valence electrons. The molecular formula is C14H20N2O3. The van der Waals surface area contributed by atoms with E-state index in [-0.39, 0.29) is 23.0 Å². The molecule has 0 radical (unpaired) electrons. The van der Waals surface area contributed by atoms with E-state index in [0.29, 0.717) is 13.0 Å². The molecule has 2 saturated heterocycles. The normalized spacial score (nSPS) is 42.9. The van der Waals surface area contributed by atoms with Crippen molar-refractivity contribution < 1.29 is 14.4 Å². The predicted molar refractivity (Wildman–Crippen MR) is 66.7 cm³/mol. The van der Waals surface area contributed by atoms with Crippen molar-refractivity contribution in [2.45, 2.75) is 63.1 Å². The summed E-state index contributed by atoms with van der Waals surface area (Å²) in [6.45, 7) is 6.22.